The fourth-order valence-corrected chi connectivity index (χ4v) is 2.57. The van der Waals surface area contributed by atoms with Crippen LogP contribution in [0.25, 0.3) is 10.9 Å². The van der Waals surface area contributed by atoms with E-state index in [9.17, 15) is 4.79 Å². The summed E-state index contributed by atoms with van der Waals surface area (Å²) in [5.74, 6) is 0.899. The van der Waals surface area contributed by atoms with Crippen LogP contribution in [-0.4, -0.2) is 21.1 Å². The maximum absolute atomic E-state index is 12.5. The number of benzene rings is 2. The van der Waals surface area contributed by atoms with E-state index in [1.54, 1.807) is 30.5 Å². The molecule has 0 atom stereocenters. The van der Waals surface area contributed by atoms with Crippen molar-refractivity contribution in [2.24, 2.45) is 0 Å². The third-order valence-electron chi connectivity index (χ3n) is 3.90. The quantitative estimate of drug-likeness (QED) is 0.578. The van der Waals surface area contributed by atoms with Gasteiger partial charge in [-0.1, -0.05) is 24.3 Å². The fraction of sp³-hybridized carbons (Fsp3) is 0.0500. The molecule has 4 rings (SSSR count). The van der Waals surface area contributed by atoms with E-state index in [4.69, 9.17) is 4.74 Å². The second-order valence-electron chi connectivity index (χ2n) is 5.87. The molecule has 1 amide bonds. The van der Waals surface area contributed by atoms with Crippen LogP contribution in [0.4, 0.5) is 5.69 Å². The van der Waals surface area contributed by atoms with Crippen LogP contribution in [0.1, 0.15) is 16.1 Å². The molecule has 128 valence electrons. The van der Waals surface area contributed by atoms with Crippen LogP contribution in [0.3, 0.4) is 0 Å². The van der Waals surface area contributed by atoms with Crippen LogP contribution < -0.4 is 10.1 Å². The first-order valence-corrected chi connectivity index (χ1v) is 8.14. The molecule has 0 spiro atoms. The number of carbonyl (C=O) groups is 1. The number of aryl methyl sites for hydroxylation is 1. The summed E-state index contributed by atoms with van der Waals surface area (Å²) >= 11 is 0. The summed E-state index contributed by atoms with van der Waals surface area (Å²) in [5, 5.41) is 10.6. The van der Waals surface area contributed by atoms with Crippen molar-refractivity contribution in [1.82, 2.24) is 15.2 Å². The van der Waals surface area contributed by atoms with Crippen LogP contribution >= 0.6 is 0 Å². The van der Waals surface area contributed by atoms with E-state index in [0.29, 0.717) is 23.0 Å². The maximum atomic E-state index is 12.5. The molecular weight excluding hydrogens is 328 g/mol. The Bertz CT molecular complexity index is 1050. The SMILES string of the molecule is Cc1ccc(Oc2ccc(NC(=O)c3n[nH]c4ccccc34)cc2)nc1. The summed E-state index contributed by atoms with van der Waals surface area (Å²) in [5.41, 5.74) is 2.92. The van der Waals surface area contributed by atoms with Crippen LogP contribution in [-0.2, 0) is 0 Å². The highest BCUT2D eigenvalue weighted by Crippen LogP contribution is 2.22. The Morgan fingerprint density at radius 2 is 1.85 bits per heavy atom. The number of fused-ring (bicyclic) bond motifs is 1. The molecular formula is C20H16N4O2. The van der Waals surface area contributed by atoms with E-state index >= 15 is 0 Å². The van der Waals surface area contributed by atoms with Gasteiger partial charge in [0.25, 0.3) is 5.91 Å². The molecule has 0 fully saturated rings. The first-order valence-electron chi connectivity index (χ1n) is 8.14. The summed E-state index contributed by atoms with van der Waals surface area (Å²) in [6.45, 7) is 1.97. The van der Waals surface area contributed by atoms with E-state index < -0.39 is 0 Å². The fourth-order valence-electron chi connectivity index (χ4n) is 2.57. The van der Waals surface area contributed by atoms with Gasteiger partial charge >= 0.3 is 0 Å². The number of hydrogen-bond donors (Lipinski definition) is 2. The zero-order valence-electron chi connectivity index (χ0n) is 14.1. The molecule has 4 aromatic rings. The Balaban J connectivity index is 1.47. The van der Waals surface area contributed by atoms with Crippen molar-refractivity contribution in [3.63, 3.8) is 0 Å². The summed E-state index contributed by atoms with van der Waals surface area (Å²) < 4.78 is 5.68. The highest BCUT2D eigenvalue weighted by molar-refractivity contribution is 6.11. The maximum Gasteiger partial charge on any atom is 0.276 e. The van der Waals surface area contributed by atoms with Crippen molar-refractivity contribution in [2.45, 2.75) is 6.92 Å². The third-order valence-corrected chi connectivity index (χ3v) is 3.90. The number of amides is 1. The zero-order chi connectivity index (χ0) is 17.9. The lowest BCUT2D eigenvalue weighted by molar-refractivity contribution is 0.102. The summed E-state index contributed by atoms with van der Waals surface area (Å²) in [6, 6.07) is 18.4. The lowest BCUT2D eigenvalue weighted by Gasteiger charge is -2.07. The van der Waals surface area contributed by atoms with Gasteiger partial charge in [0, 0.05) is 23.3 Å². The van der Waals surface area contributed by atoms with Crippen molar-refractivity contribution in [3.05, 3.63) is 78.1 Å². The van der Waals surface area contributed by atoms with Crippen molar-refractivity contribution >= 4 is 22.5 Å². The number of aromatic nitrogens is 3. The number of aromatic amines is 1. The lowest BCUT2D eigenvalue weighted by atomic mass is 10.2. The number of pyridine rings is 1. The molecule has 0 bridgehead atoms. The summed E-state index contributed by atoms with van der Waals surface area (Å²) in [6.07, 6.45) is 1.75. The van der Waals surface area contributed by atoms with E-state index in [2.05, 4.69) is 20.5 Å². The monoisotopic (exact) mass is 344 g/mol. The number of para-hydroxylation sites is 1. The van der Waals surface area contributed by atoms with Gasteiger partial charge in [0.2, 0.25) is 5.88 Å². The van der Waals surface area contributed by atoms with Gasteiger partial charge in [0.05, 0.1) is 5.52 Å². The van der Waals surface area contributed by atoms with Gasteiger partial charge in [-0.2, -0.15) is 5.10 Å². The molecule has 0 aliphatic rings. The Morgan fingerprint density at radius 3 is 2.62 bits per heavy atom. The summed E-state index contributed by atoms with van der Waals surface area (Å²) in [7, 11) is 0. The molecule has 0 saturated heterocycles. The number of H-pyrrole nitrogens is 1. The van der Waals surface area contributed by atoms with Gasteiger partial charge in [0.15, 0.2) is 5.69 Å². The topological polar surface area (TPSA) is 79.9 Å². The van der Waals surface area contributed by atoms with E-state index in [0.717, 1.165) is 16.5 Å². The molecule has 2 aromatic carbocycles. The molecule has 0 unspecified atom stereocenters. The van der Waals surface area contributed by atoms with Crippen molar-refractivity contribution in [2.75, 3.05) is 5.32 Å². The average Bonchev–Trinajstić information content (AvgIpc) is 3.09. The van der Waals surface area contributed by atoms with Gasteiger partial charge in [-0.25, -0.2) is 4.98 Å². The molecule has 2 heterocycles. The predicted molar refractivity (Wildman–Crippen MR) is 99.5 cm³/mol. The molecule has 0 aliphatic carbocycles. The first kappa shape index (κ1) is 15.8. The Hall–Kier alpha value is -3.67. The average molecular weight is 344 g/mol. The second kappa shape index (κ2) is 6.68. The predicted octanol–water partition coefficient (Wildman–Crippen LogP) is 4.31. The van der Waals surface area contributed by atoms with E-state index in [-0.39, 0.29) is 5.91 Å². The number of nitrogens with zero attached hydrogens (tertiary/aromatic N) is 2. The number of rotatable bonds is 4. The lowest BCUT2D eigenvalue weighted by Crippen LogP contribution is -2.12. The minimum atomic E-state index is -0.267. The number of hydrogen-bond acceptors (Lipinski definition) is 4. The van der Waals surface area contributed by atoms with Crippen LogP contribution in [0.15, 0.2) is 66.9 Å². The molecule has 0 aliphatic heterocycles. The number of carbonyl (C=O) groups excluding carboxylic acids is 1. The minimum Gasteiger partial charge on any atom is -0.439 e. The Kier molecular flexibility index (Phi) is 4.07. The zero-order valence-corrected chi connectivity index (χ0v) is 14.1. The summed E-state index contributed by atoms with van der Waals surface area (Å²) in [4.78, 5) is 16.7. The smallest absolute Gasteiger partial charge is 0.276 e. The van der Waals surface area contributed by atoms with Crippen molar-refractivity contribution < 1.29 is 9.53 Å². The third kappa shape index (κ3) is 3.25. The van der Waals surface area contributed by atoms with Crippen molar-refractivity contribution in [1.29, 1.82) is 0 Å². The molecule has 6 nitrogen and oxygen atoms in total. The largest absolute Gasteiger partial charge is 0.439 e. The van der Waals surface area contributed by atoms with Gasteiger partial charge in [-0.05, 0) is 42.8 Å². The number of ether oxygens (including phenoxy) is 1. The molecule has 26 heavy (non-hydrogen) atoms. The van der Waals surface area contributed by atoms with Gasteiger partial charge in [-0.15, -0.1) is 0 Å². The van der Waals surface area contributed by atoms with Gasteiger partial charge < -0.3 is 10.1 Å². The van der Waals surface area contributed by atoms with Crippen LogP contribution in [0.5, 0.6) is 11.6 Å². The Labute approximate surface area is 149 Å². The van der Waals surface area contributed by atoms with Crippen LogP contribution in [0.2, 0.25) is 0 Å². The standard InChI is InChI=1S/C20H16N4O2/c1-13-6-11-18(21-12-13)26-15-9-7-14(8-10-15)22-20(25)19-16-4-2-3-5-17(16)23-24-19/h2-12H,1H3,(H,22,25)(H,23,24). The number of anilines is 1. The van der Waals surface area contributed by atoms with E-state index in [1.165, 1.54) is 0 Å². The Morgan fingerprint density at radius 1 is 1.04 bits per heavy atom. The minimum absolute atomic E-state index is 0.267. The van der Waals surface area contributed by atoms with Gasteiger partial charge in [0.1, 0.15) is 5.75 Å². The molecule has 0 radical (unpaired) electrons. The van der Waals surface area contributed by atoms with Crippen molar-refractivity contribution in [3.8, 4) is 11.6 Å². The molecule has 2 N–H and O–H groups in total. The van der Waals surface area contributed by atoms with E-state index in [1.807, 2.05) is 43.3 Å². The van der Waals surface area contributed by atoms with Crippen LogP contribution in [0, 0.1) is 6.92 Å². The normalized spacial score (nSPS) is 10.7. The molecule has 2 aromatic heterocycles. The molecule has 6 heteroatoms. The second-order valence-corrected chi connectivity index (χ2v) is 5.87. The molecule has 0 saturated carbocycles. The highest BCUT2D eigenvalue weighted by Gasteiger charge is 2.13. The highest BCUT2D eigenvalue weighted by atomic mass is 16.5. The first-order chi connectivity index (χ1) is 12.7. The number of nitrogens with one attached hydrogen (secondary N) is 2. The van der Waals surface area contributed by atoms with Gasteiger partial charge in [-0.3, -0.25) is 9.89 Å².